The summed E-state index contributed by atoms with van der Waals surface area (Å²) in [5.41, 5.74) is 1.16. The molecule has 0 aliphatic heterocycles. The lowest BCUT2D eigenvalue weighted by molar-refractivity contribution is 0.407. The molecule has 2 rings (SSSR count). The molecule has 120 valence electrons. The molecule has 2 atom stereocenters. The van der Waals surface area contributed by atoms with E-state index in [1.807, 2.05) is 11.5 Å². The fourth-order valence-corrected chi connectivity index (χ4v) is 5.63. The number of nitrogens with zero attached hydrogens (tertiary/aromatic N) is 1. The number of hydrogen-bond donors (Lipinski definition) is 0. The minimum atomic E-state index is -2.99. The molecular formula is C15H25NO3S2. The number of rotatable bonds is 6. The largest absolute Gasteiger partial charge is 0.307 e. The molecule has 0 N–H and O–H groups in total. The molecule has 1 aromatic rings. The third-order valence-electron chi connectivity index (χ3n) is 4.12. The van der Waals surface area contributed by atoms with E-state index in [0.717, 1.165) is 25.0 Å². The maximum atomic E-state index is 12.2. The maximum Gasteiger partial charge on any atom is 0.307 e. The number of hydrogen-bond acceptors (Lipinski definition) is 4. The van der Waals surface area contributed by atoms with Crippen molar-refractivity contribution in [3.8, 4) is 0 Å². The molecule has 0 unspecified atom stereocenters. The summed E-state index contributed by atoms with van der Waals surface area (Å²) in [4.78, 5) is 13.5. The van der Waals surface area contributed by atoms with Gasteiger partial charge in [-0.05, 0) is 31.1 Å². The van der Waals surface area contributed by atoms with Crippen LogP contribution in [-0.2, 0) is 29.2 Å². The highest BCUT2D eigenvalue weighted by Crippen LogP contribution is 2.30. The van der Waals surface area contributed by atoms with Gasteiger partial charge in [0.2, 0.25) is 0 Å². The Morgan fingerprint density at radius 2 is 2.14 bits per heavy atom. The summed E-state index contributed by atoms with van der Waals surface area (Å²) >= 11 is 1.36. The van der Waals surface area contributed by atoms with E-state index in [1.165, 1.54) is 35.3 Å². The Kier molecular flexibility index (Phi) is 5.30. The molecule has 0 spiro atoms. The van der Waals surface area contributed by atoms with E-state index < -0.39 is 9.84 Å². The number of thiazole rings is 1. The molecule has 21 heavy (non-hydrogen) atoms. The van der Waals surface area contributed by atoms with Crippen LogP contribution in [0.15, 0.2) is 4.79 Å². The van der Waals surface area contributed by atoms with Gasteiger partial charge in [-0.15, -0.1) is 0 Å². The molecule has 1 aromatic heterocycles. The molecular weight excluding hydrogens is 306 g/mol. The van der Waals surface area contributed by atoms with E-state index in [2.05, 4.69) is 6.92 Å². The van der Waals surface area contributed by atoms with Crippen LogP contribution in [0.1, 0.15) is 43.7 Å². The van der Waals surface area contributed by atoms with Gasteiger partial charge in [-0.1, -0.05) is 38.0 Å². The summed E-state index contributed by atoms with van der Waals surface area (Å²) in [6.45, 7) is 4.63. The van der Waals surface area contributed by atoms with Crippen LogP contribution in [0.2, 0.25) is 0 Å². The zero-order valence-electron chi connectivity index (χ0n) is 13.1. The number of aromatic nitrogens is 1. The Bertz CT molecular complexity index is 642. The summed E-state index contributed by atoms with van der Waals surface area (Å²) in [6.07, 6.45) is 6.82. The quantitative estimate of drug-likeness (QED) is 0.805. The van der Waals surface area contributed by atoms with Gasteiger partial charge in [-0.2, -0.15) is 0 Å². The Labute approximate surface area is 131 Å². The van der Waals surface area contributed by atoms with Crippen molar-refractivity contribution in [2.45, 2.75) is 52.5 Å². The molecule has 4 nitrogen and oxygen atoms in total. The molecule has 0 aromatic carbocycles. The lowest BCUT2D eigenvalue weighted by Gasteiger charge is -2.23. The second kappa shape index (κ2) is 6.65. The minimum absolute atomic E-state index is 0.0234. The van der Waals surface area contributed by atoms with Gasteiger partial charge in [0.15, 0.2) is 0 Å². The summed E-state index contributed by atoms with van der Waals surface area (Å²) in [5.74, 6) is 0.829. The van der Waals surface area contributed by atoms with Crippen LogP contribution in [0.5, 0.6) is 0 Å². The summed E-state index contributed by atoms with van der Waals surface area (Å²) < 4.78 is 24.6. The number of sulfone groups is 1. The molecule has 0 radical (unpaired) electrons. The van der Waals surface area contributed by atoms with Crippen LogP contribution in [-0.4, -0.2) is 25.0 Å². The van der Waals surface area contributed by atoms with E-state index in [4.69, 9.17) is 0 Å². The predicted octanol–water partition coefficient (Wildman–Crippen LogP) is 2.50. The van der Waals surface area contributed by atoms with E-state index in [9.17, 15) is 13.2 Å². The lowest BCUT2D eigenvalue weighted by Crippen LogP contribution is -2.25. The zero-order chi connectivity index (χ0) is 15.6. The SMILES string of the molecule is CCC[C@@H]1CCc2c(sc(=O)n2C[C@@H](C)CS(C)(=O)=O)C1. The Hall–Kier alpha value is -0.620. The second-order valence-electron chi connectivity index (χ2n) is 6.44. The summed E-state index contributed by atoms with van der Waals surface area (Å²) in [6, 6.07) is 0. The highest BCUT2D eigenvalue weighted by Gasteiger charge is 2.25. The zero-order valence-corrected chi connectivity index (χ0v) is 14.7. The smallest absolute Gasteiger partial charge is 0.302 e. The maximum absolute atomic E-state index is 12.2. The average Bonchev–Trinajstić information content (AvgIpc) is 2.63. The van der Waals surface area contributed by atoms with Crippen molar-refractivity contribution in [2.75, 3.05) is 12.0 Å². The molecule has 6 heteroatoms. The normalized spacial score (nSPS) is 20.2. The van der Waals surface area contributed by atoms with Gasteiger partial charge >= 0.3 is 4.87 Å². The average molecular weight is 332 g/mol. The van der Waals surface area contributed by atoms with Crippen molar-refractivity contribution < 1.29 is 8.42 Å². The number of fused-ring (bicyclic) bond motifs is 1. The van der Waals surface area contributed by atoms with Crippen molar-refractivity contribution in [1.29, 1.82) is 0 Å². The monoisotopic (exact) mass is 331 g/mol. The van der Waals surface area contributed by atoms with Crippen molar-refractivity contribution >= 4 is 21.2 Å². The van der Waals surface area contributed by atoms with Gasteiger partial charge in [0.05, 0.1) is 5.75 Å². The third-order valence-corrected chi connectivity index (χ3v) is 6.34. The third kappa shape index (κ3) is 4.42. The summed E-state index contributed by atoms with van der Waals surface area (Å²) in [5, 5.41) is 0. The first-order valence-electron chi connectivity index (χ1n) is 7.69. The molecule has 1 heterocycles. The van der Waals surface area contributed by atoms with Crippen molar-refractivity contribution in [1.82, 2.24) is 4.57 Å². The molecule has 0 bridgehead atoms. The van der Waals surface area contributed by atoms with Crippen LogP contribution < -0.4 is 4.87 Å². The van der Waals surface area contributed by atoms with Crippen LogP contribution in [0.4, 0.5) is 0 Å². The molecule has 0 amide bonds. The van der Waals surface area contributed by atoms with Crippen molar-refractivity contribution in [3.63, 3.8) is 0 Å². The predicted molar refractivity (Wildman–Crippen MR) is 87.9 cm³/mol. The van der Waals surface area contributed by atoms with E-state index >= 15 is 0 Å². The second-order valence-corrected chi connectivity index (χ2v) is 9.67. The summed E-state index contributed by atoms with van der Waals surface area (Å²) in [7, 11) is -2.99. The minimum Gasteiger partial charge on any atom is -0.302 e. The lowest BCUT2D eigenvalue weighted by atomic mass is 9.87. The molecule has 1 aliphatic carbocycles. The first-order chi connectivity index (χ1) is 9.80. The van der Waals surface area contributed by atoms with Crippen molar-refractivity contribution in [3.05, 3.63) is 20.2 Å². The van der Waals surface area contributed by atoms with Crippen LogP contribution >= 0.6 is 11.3 Å². The van der Waals surface area contributed by atoms with Gasteiger partial charge in [0, 0.05) is 23.4 Å². The van der Waals surface area contributed by atoms with Crippen LogP contribution in [0.25, 0.3) is 0 Å². The molecule has 1 aliphatic rings. The highest BCUT2D eigenvalue weighted by atomic mass is 32.2. The highest BCUT2D eigenvalue weighted by molar-refractivity contribution is 7.90. The topological polar surface area (TPSA) is 56.1 Å². The van der Waals surface area contributed by atoms with Crippen molar-refractivity contribution in [2.24, 2.45) is 11.8 Å². The van der Waals surface area contributed by atoms with Gasteiger partial charge in [-0.25, -0.2) is 8.42 Å². The van der Waals surface area contributed by atoms with Crippen LogP contribution in [0, 0.1) is 11.8 Å². The van der Waals surface area contributed by atoms with Gasteiger partial charge in [0.1, 0.15) is 9.84 Å². The fraction of sp³-hybridized carbons (Fsp3) is 0.800. The Balaban J connectivity index is 2.14. The standard InChI is InChI=1S/C15H25NO3S2/c1-4-5-12-6-7-13-14(8-12)20-15(17)16(13)9-11(2)10-21(3,18)19/h11-12H,4-10H2,1-3H3/t11-,12-/m1/s1. The molecule has 0 fully saturated rings. The van der Waals surface area contributed by atoms with Gasteiger partial charge < -0.3 is 4.57 Å². The fourth-order valence-electron chi connectivity index (χ4n) is 3.34. The van der Waals surface area contributed by atoms with E-state index in [1.54, 1.807) is 0 Å². The van der Waals surface area contributed by atoms with E-state index in [-0.39, 0.29) is 16.5 Å². The Morgan fingerprint density at radius 3 is 2.76 bits per heavy atom. The van der Waals surface area contributed by atoms with Gasteiger partial charge in [-0.3, -0.25) is 4.79 Å². The Morgan fingerprint density at radius 1 is 1.43 bits per heavy atom. The molecule has 0 saturated carbocycles. The van der Waals surface area contributed by atoms with Crippen LogP contribution in [0.3, 0.4) is 0 Å². The first-order valence-corrected chi connectivity index (χ1v) is 10.6. The first kappa shape index (κ1) is 16.7. The van der Waals surface area contributed by atoms with E-state index in [0.29, 0.717) is 12.5 Å². The molecule has 0 saturated heterocycles. The van der Waals surface area contributed by atoms with Gasteiger partial charge in [0.25, 0.3) is 0 Å².